The number of piperazine rings is 1. The Labute approximate surface area is 174 Å². The van der Waals surface area contributed by atoms with Crippen molar-refractivity contribution in [2.45, 2.75) is 33.6 Å². The highest BCUT2D eigenvalue weighted by molar-refractivity contribution is 5.95. The van der Waals surface area contributed by atoms with E-state index in [9.17, 15) is 4.79 Å². The van der Waals surface area contributed by atoms with E-state index in [1.807, 2.05) is 30.3 Å². The number of nitrogens with zero attached hydrogens (tertiary/aromatic N) is 2. The quantitative estimate of drug-likeness (QED) is 0.760. The van der Waals surface area contributed by atoms with Crippen LogP contribution in [-0.4, -0.2) is 50.1 Å². The van der Waals surface area contributed by atoms with Gasteiger partial charge >= 0.3 is 0 Å². The first-order valence-corrected chi connectivity index (χ1v) is 10.6. The summed E-state index contributed by atoms with van der Waals surface area (Å²) in [5.41, 5.74) is 4.42. The van der Waals surface area contributed by atoms with Crippen LogP contribution in [-0.2, 0) is 4.79 Å². The summed E-state index contributed by atoms with van der Waals surface area (Å²) in [6.07, 6.45) is 0. The molecule has 5 nitrogen and oxygen atoms in total. The molecule has 0 unspecified atom stereocenters. The van der Waals surface area contributed by atoms with Gasteiger partial charge in [-0.3, -0.25) is 4.79 Å². The summed E-state index contributed by atoms with van der Waals surface area (Å²) in [4.78, 5) is 17.3. The molecule has 2 aromatic carbocycles. The highest BCUT2D eigenvalue weighted by atomic mass is 16.5. The molecule has 1 fully saturated rings. The van der Waals surface area contributed by atoms with Gasteiger partial charge in [0.2, 0.25) is 0 Å². The van der Waals surface area contributed by atoms with E-state index in [1.165, 1.54) is 11.1 Å². The van der Waals surface area contributed by atoms with Crippen LogP contribution >= 0.6 is 0 Å². The normalized spacial score (nSPS) is 14.9. The Morgan fingerprint density at radius 1 is 1.10 bits per heavy atom. The smallest absolute Gasteiger partial charge is 0.262 e. The number of rotatable bonds is 7. The average molecular weight is 396 g/mol. The molecule has 2 aromatic rings. The van der Waals surface area contributed by atoms with E-state index in [0.717, 1.165) is 49.8 Å². The van der Waals surface area contributed by atoms with Crippen molar-refractivity contribution in [3.63, 3.8) is 0 Å². The van der Waals surface area contributed by atoms with Crippen molar-refractivity contribution in [2.24, 2.45) is 0 Å². The Morgan fingerprint density at radius 3 is 2.48 bits per heavy atom. The summed E-state index contributed by atoms with van der Waals surface area (Å²) < 4.78 is 5.74. The average Bonchev–Trinajstić information content (AvgIpc) is 2.72. The predicted molar refractivity (Wildman–Crippen MR) is 120 cm³/mol. The number of carbonyl (C=O) groups is 1. The van der Waals surface area contributed by atoms with Crippen LogP contribution in [0, 0.1) is 6.92 Å². The number of aryl methyl sites for hydroxylation is 1. The number of nitrogens with one attached hydrogen (secondary N) is 1. The number of likely N-dealkylation sites (N-methyl/N-ethyl adjacent to an activating group) is 1. The van der Waals surface area contributed by atoms with E-state index in [-0.39, 0.29) is 12.5 Å². The number of hydrogen-bond donors (Lipinski definition) is 1. The maximum Gasteiger partial charge on any atom is 0.262 e. The molecule has 0 aromatic heterocycles. The third-order valence-corrected chi connectivity index (χ3v) is 5.57. The number of benzene rings is 2. The second-order valence-corrected chi connectivity index (χ2v) is 7.95. The van der Waals surface area contributed by atoms with E-state index in [4.69, 9.17) is 4.74 Å². The van der Waals surface area contributed by atoms with Gasteiger partial charge in [-0.25, -0.2) is 0 Å². The number of carbonyl (C=O) groups excluding carboxylic acids is 1. The molecule has 5 heteroatoms. The molecule has 0 spiro atoms. The minimum absolute atomic E-state index is 0.00158. The second kappa shape index (κ2) is 9.79. The SMILES string of the molecule is CCN1CCN(c2ccccc2NC(=O)COc2ccc(C(C)C)c(C)c2)CC1. The first kappa shape index (κ1) is 21.2. The number of ether oxygens (including phenoxy) is 1. The molecule has 1 N–H and O–H groups in total. The van der Waals surface area contributed by atoms with Gasteiger partial charge in [-0.15, -0.1) is 0 Å². The lowest BCUT2D eigenvalue weighted by Crippen LogP contribution is -2.46. The van der Waals surface area contributed by atoms with Gasteiger partial charge in [0.15, 0.2) is 6.61 Å². The van der Waals surface area contributed by atoms with Crippen molar-refractivity contribution < 1.29 is 9.53 Å². The summed E-state index contributed by atoms with van der Waals surface area (Å²) in [7, 11) is 0. The van der Waals surface area contributed by atoms with Gasteiger partial charge in [0, 0.05) is 26.2 Å². The number of para-hydroxylation sites is 2. The molecule has 1 saturated heterocycles. The van der Waals surface area contributed by atoms with Crippen LogP contribution in [0.25, 0.3) is 0 Å². The Bertz CT molecular complexity index is 827. The van der Waals surface area contributed by atoms with Gasteiger partial charge in [0.1, 0.15) is 5.75 Å². The molecule has 1 aliphatic heterocycles. The Morgan fingerprint density at radius 2 is 1.83 bits per heavy atom. The van der Waals surface area contributed by atoms with Gasteiger partial charge < -0.3 is 19.9 Å². The molecule has 1 heterocycles. The first-order valence-electron chi connectivity index (χ1n) is 10.6. The standard InChI is InChI=1S/C24H33N3O2/c1-5-26-12-14-27(15-13-26)23-9-7-6-8-22(23)25-24(28)17-29-20-10-11-21(18(2)3)19(4)16-20/h6-11,16,18H,5,12-15,17H2,1-4H3,(H,25,28). The highest BCUT2D eigenvalue weighted by Crippen LogP contribution is 2.27. The Balaban J connectivity index is 1.59. The van der Waals surface area contributed by atoms with Crippen molar-refractivity contribution in [3.05, 3.63) is 53.6 Å². The van der Waals surface area contributed by atoms with Crippen LogP contribution in [0.2, 0.25) is 0 Å². The molecule has 0 saturated carbocycles. The van der Waals surface area contributed by atoms with Crippen LogP contribution in [0.4, 0.5) is 11.4 Å². The highest BCUT2D eigenvalue weighted by Gasteiger charge is 2.19. The van der Waals surface area contributed by atoms with Crippen molar-refractivity contribution in [3.8, 4) is 5.75 Å². The molecule has 1 amide bonds. The van der Waals surface area contributed by atoms with Gasteiger partial charge in [-0.2, -0.15) is 0 Å². The second-order valence-electron chi connectivity index (χ2n) is 7.95. The molecule has 156 valence electrons. The van der Waals surface area contributed by atoms with Crippen molar-refractivity contribution in [2.75, 3.05) is 49.5 Å². The zero-order valence-electron chi connectivity index (χ0n) is 18.1. The van der Waals surface area contributed by atoms with Crippen LogP contribution in [0.15, 0.2) is 42.5 Å². The van der Waals surface area contributed by atoms with E-state index in [0.29, 0.717) is 5.92 Å². The first-order chi connectivity index (χ1) is 14.0. The predicted octanol–water partition coefficient (Wildman–Crippen LogP) is 4.28. The lowest BCUT2D eigenvalue weighted by atomic mass is 9.98. The monoisotopic (exact) mass is 395 g/mol. The van der Waals surface area contributed by atoms with E-state index in [1.54, 1.807) is 0 Å². The van der Waals surface area contributed by atoms with Gasteiger partial charge in [0.25, 0.3) is 5.91 Å². The minimum Gasteiger partial charge on any atom is -0.484 e. The van der Waals surface area contributed by atoms with Crippen LogP contribution in [0.5, 0.6) is 5.75 Å². The van der Waals surface area contributed by atoms with Gasteiger partial charge in [-0.05, 0) is 54.8 Å². The number of anilines is 2. The summed E-state index contributed by atoms with van der Waals surface area (Å²) in [6.45, 7) is 13.8. The molecular weight excluding hydrogens is 362 g/mol. The van der Waals surface area contributed by atoms with E-state index >= 15 is 0 Å². The zero-order valence-corrected chi connectivity index (χ0v) is 18.1. The van der Waals surface area contributed by atoms with Crippen molar-refractivity contribution in [1.82, 2.24) is 4.90 Å². The fourth-order valence-electron chi connectivity index (χ4n) is 3.88. The number of hydrogen-bond acceptors (Lipinski definition) is 4. The summed E-state index contributed by atoms with van der Waals surface area (Å²) in [6, 6.07) is 14.0. The lowest BCUT2D eigenvalue weighted by molar-refractivity contribution is -0.118. The Kier molecular flexibility index (Phi) is 7.15. The molecule has 0 radical (unpaired) electrons. The molecule has 0 atom stereocenters. The van der Waals surface area contributed by atoms with Crippen LogP contribution in [0.1, 0.15) is 37.8 Å². The summed E-state index contributed by atoms with van der Waals surface area (Å²) in [5, 5.41) is 3.03. The maximum absolute atomic E-state index is 12.5. The fourth-order valence-corrected chi connectivity index (χ4v) is 3.88. The molecule has 1 aliphatic rings. The minimum atomic E-state index is -0.143. The molecular formula is C24H33N3O2. The molecule has 0 bridgehead atoms. The molecule has 0 aliphatic carbocycles. The third kappa shape index (κ3) is 5.51. The lowest BCUT2D eigenvalue weighted by Gasteiger charge is -2.36. The van der Waals surface area contributed by atoms with Crippen LogP contribution in [0.3, 0.4) is 0 Å². The van der Waals surface area contributed by atoms with E-state index < -0.39 is 0 Å². The van der Waals surface area contributed by atoms with Gasteiger partial charge in [0.05, 0.1) is 11.4 Å². The molecule has 29 heavy (non-hydrogen) atoms. The topological polar surface area (TPSA) is 44.8 Å². The maximum atomic E-state index is 12.5. The fraction of sp³-hybridized carbons (Fsp3) is 0.458. The number of amides is 1. The van der Waals surface area contributed by atoms with E-state index in [2.05, 4.69) is 54.9 Å². The zero-order chi connectivity index (χ0) is 20.8. The Hall–Kier alpha value is -2.53. The third-order valence-electron chi connectivity index (χ3n) is 5.57. The summed E-state index contributed by atoms with van der Waals surface area (Å²) in [5.74, 6) is 1.06. The molecule has 3 rings (SSSR count). The largest absolute Gasteiger partial charge is 0.484 e. The van der Waals surface area contributed by atoms with Crippen LogP contribution < -0.4 is 15.0 Å². The summed E-state index contributed by atoms with van der Waals surface area (Å²) >= 11 is 0. The van der Waals surface area contributed by atoms with Gasteiger partial charge in [-0.1, -0.05) is 39.0 Å². The van der Waals surface area contributed by atoms with Crippen molar-refractivity contribution >= 4 is 17.3 Å². The van der Waals surface area contributed by atoms with Crippen molar-refractivity contribution in [1.29, 1.82) is 0 Å².